The fraction of sp³-hybridized carbons (Fsp3) is 0.600. The predicted molar refractivity (Wildman–Crippen MR) is 285 cm³/mol. The molecule has 0 heterocycles. The van der Waals surface area contributed by atoms with E-state index in [0.717, 1.165) is 17.4 Å². The average molecular weight is 935 g/mol. The molecule has 0 unspecified atom stereocenters. The van der Waals surface area contributed by atoms with Crippen molar-refractivity contribution in [1.82, 2.24) is 10.2 Å². The minimum Gasteiger partial charge on any atom is -0.328 e. The summed E-state index contributed by atoms with van der Waals surface area (Å²) in [4.78, 5) is 2.84. The van der Waals surface area contributed by atoms with Crippen LogP contribution >= 0.6 is 15.9 Å². The van der Waals surface area contributed by atoms with Crippen LogP contribution in [0.5, 0.6) is 0 Å². The molecule has 3 N–H and O–H groups in total. The van der Waals surface area contributed by atoms with Gasteiger partial charge in [0.25, 0.3) is 0 Å². The normalized spacial score (nSPS) is 17.0. The molecular formula is C60H92BrN3. The van der Waals surface area contributed by atoms with E-state index in [0.29, 0.717) is 6.04 Å². The van der Waals surface area contributed by atoms with Crippen LogP contribution in [0.2, 0.25) is 0 Å². The summed E-state index contributed by atoms with van der Waals surface area (Å²) in [5.41, 5.74) is 11.7. The summed E-state index contributed by atoms with van der Waals surface area (Å²) < 4.78 is 0. The summed E-state index contributed by atoms with van der Waals surface area (Å²) in [6.45, 7) is 3.70. The van der Waals surface area contributed by atoms with Gasteiger partial charge in [-0.05, 0) is 132 Å². The van der Waals surface area contributed by atoms with Gasteiger partial charge in [0.2, 0.25) is 0 Å². The first-order valence-electron chi connectivity index (χ1n) is 26.6. The van der Waals surface area contributed by atoms with Crippen LogP contribution in [0.3, 0.4) is 0 Å². The fourth-order valence-corrected chi connectivity index (χ4v) is 10.1. The molecule has 3 fully saturated rings. The molecular weight excluding hydrogens is 843 g/mol. The fourth-order valence-electron chi connectivity index (χ4n) is 9.85. The number of hydrogen-bond donors (Lipinski definition) is 2. The van der Waals surface area contributed by atoms with E-state index < -0.39 is 0 Å². The summed E-state index contributed by atoms with van der Waals surface area (Å²) in [5.74, 6) is 0. The number of nitrogens with two attached hydrogens (primary N) is 1. The Kier molecular flexibility index (Phi) is 31.4. The van der Waals surface area contributed by atoms with Gasteiger partial charge >= 0.3 is 0 Å². The van der Waals surface area contributed by atoms with E-state index in [2.05, 4.69) is 147 Å². The Balaban J connectivity index is 0.000000207. The van der Waals surface area contributed by atoms with Crippen molar-refractivity contribution in [2.45, 2.75) is 204 Å². The number of alkyl halides is 1. The van der Waals surface area contributed by atoms with E-state index in [-0.39, 0.29) is 0 Å². The van der Waals surface area contributed by atoms with Crippen molar-refractivity contribution in [3.05, 3.63) is 144 Å². The van der Waals surface area contributed by atoms with Crippen molar-refractivity contribution in [2.75, 3.05) is 25.0 Å². The molecule has 7 rings (SSSR count). The first kappa shape index (κ1) is 53.9. The van der Waals surface area contributed by atoms with Crippen molar-refractivity contribution < 1.29 is 0 Å². The highest BCUT2D eigenvalue weighted by Gasteiger charge is 2.19. The quantitative estimate of drug-likeness (QED) is 0.0819. The molecule has 0 radical (unpaired) electrons. The smallest absolute Gasteiger partial charge is 0.00952 e. The zero-order valence-corrected chi connectivity index (χ0v) is 42.1. The standard InChI is InChI=1S/C26H37N.C17H27N.C9H11Br.C8H17N/c1-2-10-20-26(21-11-3-1)27(22-12-18-24-14-6-4-7-15-24)23-13-19-25-16-8-5-9-17-25;1-2-7-13-17(14-8-3-1)18-15-9-12-16-10-5-4-6-11-16;10-8-4-7-9-5-2-1-3-6-9;9-8-6-4-2-1-3-5-7-8/h4-9,14-17,26H,1-3,10-13,18-23H2;4-6,10-11,17-18H,1-3,7-9,12-15H2;1-3,5-6H,4,7-8H2;8H,1-7,9H2. The molecule has 4 aromatic rings. The maximum Gasteiger partial charge on any atom is 0.00952 e. The van der Waals surface area contributed by atoms with Gasteiger partial charge in [0.1, 0.15) is 0 Å². The first-order valence-corrected chi connectivity index (χ1v) is 27.8. The Morgan fingerprint density at radius 2 is 0.734 bits per heavy atom. The van der Waals surface area contributed by atoms with Crippen LogP contribution in [0.4, 0.5) is 0 Å². The third-order valence-electron chi connectivity index (χ3n) is 13.7. The summed E-state index contributed by atoms with van der Waals surface area (Å²) >= 11 is 3.41. The van der Waals surface area contributed by atoms with Crippen LogP contribution in [-0.4, -0.2) is 48.0 Å². The number of halogens is 1. The lowest BCUT2D eigenvalue weighted by molar-refractivity contribution is 0.162. The van der Waals surface area contributed by atoms with Gasteiger partial charge in [-0.1, -0.05) is 234 Å². The van der Waals surface area contributed by atoms with Gasteiger partial charge in [0.15, 0.2) is 0 Å². The van der Waals surface area contributed by atoms with Crippen LogP contribution in [-0.2, 0) is 25.7 Å². The van der Waals surface area contributed by atoms with E-state index >= 15 is 0 Å². The van der Waals surface area contributed by atoms with Crippen LogP contribution < -0.4 is 11.1 Å². The lowest BCUT2D eigenvalue weighted by Crippen LogP contribution is -2.37. The number of benzene rings is 4. The highest BCUT2D eigenvalue weighted by Crippen LogP contribution is 2.23. The Morgan fingerprint density at radius 1 is 0.406 bits per heavy atom. The second-order valence-electron chi connectivity index (χ2n) is 19.2. The van der Waals surface area contributed by atoms with Gasteiger partial charge in [0, 0.05) is 23.5 Å². The van der Waals surface area contributed by atoms with Crippen LogP contribution in [0.1, 0.15) is 183 Å². The maximum absolute atomic E-state index is 5.80. The summed E-state index contributed by atoms with van der Waals surface area (Å²) in [7, 11) is 0. The van der Waals surface area contributed by atoms with Crippen molar-refractivity contribution >= 4 is 15.9 Å². The largest absolute Gasteiger partial charge is 0.328 e. The Morgan fingerprint density at radius 3 is 1.12 bits per heavy atom. The molecule has 0 atom stereocenters. The molecule has 4 aromatic carbocycles. The van der Waals surface area contributed by atoms with E-state index in [1.807, 2.05) is 0 Å². The minimum absolute atomic E-state index is 0.519. The molecule has 4 heteroatoms. The average Bonchev–Trinajstić information content (AvgIpc) is 3.30. The number of nitrogens with one attached hydrogen (secondary N) is 1. The van der Waals surface area contributed by atoms with Gasteiger partial charge in [-0.2, -0.15) is 0 Å². The molecule has 64 heavy (non-hydrogen) atoms. The second-order valence-corrected chi connectivity index (χ2v) is 20.0. The zero-order chi connectivity index (χ0) is 44.8. The minimum atomic E-state index is 0.519. The van der Waals surface area contributed by atoms with Gasteiger partial charge in [-0.3, -0.25) is 0 Å². The topological polar surface area (TPSA) is 41.3 Å². The molecule has 0 saturated heterocycles. The third kappa shape index (κ3) is 27.0. The van der Waals surface area contributed by atoms with Crippen molar-refractivity contribution in [1.29, 1.82) is 0 Å². The van der Waals surface area contributed by atoms with E-state index in [9.17, 15) is 0 Å². The van der Waals surface area contributed by atoms with Crippen LogP contribution in [0.25, 0.3) is 0 Å². The second kappa shape index (κ2) is 37.3. The van der Waals surface area contributed by atoms with Gasteiger partial charge in [-0.15, -0.1) is 0 Å². The van der Waals surface area contributed by atoms with E-state index in [4.69, 9.17) is 5.73 Å². The number of rotatable bonds is 17. The lowest BCUT2D eigenvalue weighted by Gasteiger charge is -2.33. The highest BCUT2D eigenvalue weighted by molar-refractivity contribution is 9.09. The molecule has 0 spiro atoms. The van der Waals surface area contributed by atoms with Crippen molar-refractivity contribution in [2.24, 2.45) is 5.73 Å². The Labute approximate surface area is 402 Å². The van der Waals surface area contributed by atoms with Crippen molar-refractivity contribution in [3.63, 3.8) is 0 Å². The molecule has 3 aliphatic rings. The summed E-state index contributed by atoms with van der Waals surface area (Å²) in [6, 6.07) is 45.5. The lowest BCUT2D eigenvalue weighted by atomic mass is 9.95. The molecule has 0 aliphatic heterocycles. The monoisotopic (exact) mass is 934 g/mol. The third-order valence-corrected chi connectivity index (χ3v) is 14.3. The van der Waals surface area contributed by atoms with E-state index in [1.165, 1.54) is 228 Å². The molecule has 3 saturated carbocycles. The zero-order valence-electron chi connectivity index (χ0n) is 40.5. The number of aryl methyl sites for hydroxylation is 4. The number of nitrogens with zero attached hydrogens (tertiary/aromatic N) is 1. The summed E-state index contributed by atoms with van der Waals surface area (Å²) in [5, 5.41) is 4.86. The molecule has 3 nitrogen and oxygen atoms in total. The molecule has 3 aliphatic carbocycles. The highest BCUT2D eigenvalue weighted by atomic mass is 79.9. The molecule has 0 amide bonds. The van der Waals surface area contributed by atoms with Crippen LogP contribution in [0, 0.1) is 0 Å². The first-order chi connectivity index (χ1) is 31.7. The van der Waals surface area contributed by atoms with Gasteiger partial charge in [0.05, 0.1) is 0 Å². The maximum atomic E-state index is 5.80. The summed E-state index contributed by atoms with van der Waals surface area (Å²) in [6.07, 6.45) is 39.4. The van der Waals surface area contributed by atoms with Gasteiger partial charge in [-0.25, -0.2) is 0 Å². The SMILES string of the molecule is BrCCCc1ccccc1.NC1CCCCCCC1.c1ccc(CCCN(CCCc2ccccc2)C2CCCCCCC2)cc1.c1ccc(CCCNC2CCCCCCC2)cc1. The molecule has 0 aromatic heterocycles. The Bertz CT molecular complexity index is 1520. The molecule has 354 valence electrons. The van der Waals surface area contributed by atoms with Crippen molar-refractivity contribution in [3.8, 4) is 0 Å². The van der Waals surface area contributed by atoms with E-state index in [1.54, 1.807) is 0 Å². The van der Waals surface area contributed by atoms with Crippen LogP contribution in [0.15, 0.2) is 121 Å². The predicted octanol–water partition coefficient (Wildman–Crippen LogP) is 16.1. The van der Waals surface area contributed by atoms with Gasteiger partial charge < -0.3 is 16.0 Å². The molecule has 0 bridgehead atoms. The number of hydrogen-bond acceptors (Lipinski definition) is 3. The Hall–Kier alpha value is -2.76.